The van der Waals surface area contributed by atoms with Crippen molar-refractivity contribution in [2.24, 2.45) is 0 Å². The van der Waals surface area contributed by atoms with Crippen LogP contribution in [-0.4, -0.2) is 61.4 Å². The normalized spacial score (nSPS) is 13.2. The first-order valence-electron chi connectivity index (χ1n) is 14.3. The Labute approximate surface area is 274 Å². The minimum absolute atomic E-state index is 0.0466. The molecule has 0 saturated carbocycles. The van der Waals surface area contributed by atoms with E-state index in [-0.39, 0.29) is 35.9 Å². The third-order valence-corrected chi connectivity index (χ3v) is 9.46. The molecule has 0 spiro atoms. The van der Waals surface area contributed by atoms with Gasteiger partial charge < -0.3 is 9.47 Å². The molecule has 0 radical (unpaired) electrons. The highest BCUT2D eigenvalue weighted by Crippen LogP contribution is 2.40. The number of hydrogen-bond donors (Lipinski definition) is 1. The molecule has 1 atom stereocenters. The summed E-state index contributed by atoms with van der Waals surface area (Å²) in [5, 5.41) is 5.43. The molecule has 0 bridgehead atoms. The molecule has 1 unspecified atom stereocenters. The van der Waals surface area contributed by atoms with Gasteiger partial charge in [0, 0.05) is 43.3 Å². The molecule has 11 nitrogen and oxygen atoms in total. The molecule has 4 aromatic rings. The molecule has 0 aliphatic heterocycles. The summed E-state index contributed by atoms with van der Waals surface area (Å²) in [7, 11) is -2.31. The van der Waals surface area contributed by atoms with Gasteiger partial charge in [-0.25, -0.2) is 31.3 Å². The van der Waals surface area contributed by atoms with Crippen molar-refractivity contribution < 1.29 is 40.7 Å². The third kappa shape index (κ3) is 7.34. The van der Waals surface area contributed by atoms with Gasteiger partial charge in [0.05, 0.1) is 13.7 Å². The van der Waals surface area contributed by atoms with Crippen molar-refractivity contribution in [2.45, 2.75) is 56.0 Å². The van der Waals surface area contributed by atoms with E-state index >= 15 is 8.78 Å². The van der Waals surface area contributed by atoms with E-state index < -0.39 is 67.2 Å². The smallest absolute Gasteiger partial charge is 0.267 e. The number of ether oxygens (including phenoxy) is 2. The van der Waals surface area contributed by atoms with Crippen LogP contribution in [0, 0.1) is 17.5 Å². The van der Waals surface area contributed by atoms with Gasteiger partial charge in [0.15, 0.2) is 16.7 Å². The number of sulfonamides is 1. The van der Waals surface area contributed by atoms with Crippen molar-refractivity contribution in [1.82, 2.24) is 19.5 Å². The summed E-state index contributed by atoms with van der Waals surface area (Å²) in [6.45, 7) is 4.66. The summed E-state index contributed by atoms with van der Waals surface area (Å²) in [6.07, 6.45) is 3.88. The molecular weight excluding hydrogens is 659 g/mol. The summed E-state index contributed by atoms with van der Waals surface area (Å²) >= 11 is 0.863. The molecule has 2 aromatic heterocycles. The van der Waals surface area contributed by atoms with E-state index in [4.69, 9.17) is 9.47 Å². The van der Waals surface area contributed by atoms with Crippen molar-refractivity contribution >= 4 is 38.3 Å². The lowest BCUT2D eigenvalue weighted by molar-refractivity contribution is -0.125. The average molecular weight is 694 g/mol. The van der Waals surface area contributed by atoms with Gasteiger partial charge in [0.25, 0.3) is 21.8 Å². The fourth-order valence-electron chi connectivity index (χ4n) is 5.11. The maximum absolute atomic E-state index is 16.3. The van der Waals surface area contributed by atoms with Gasteiger partial charge >= 0.3 is 0 Å². The molecule has 0 aliphatic rings. The van der Waals surface area contributed by atoms with Gasteiger partial charge in [-0.2, -0.15) is 5.10 Å². The number of methoxy groups -OCH3 is 2. The molecule has 0 aliphatic carbocycles. The zero-order valence-electron chi connectivity index (χ0n) is 26.3. The van der Waals surface area contributed by atoms with E-state index in [1.807, 2.05) is 4.72 Å². The van der Waals surface area contributed by atoms with Crippen molar-refractivity contribution in [1.29, 1.82) is 0 Å². The van der Waals surface area contributed by atoms with Crippen molar-refractivity contribution in [3.63, 3.8) is 0 Å². The summed E-state index contributed by atoms with van der Waals surface area (Å²) < 4.78 is 87.5. The molecule has 16 heteroatoms. The molecule has 2 amide bonds. The predicted molar refractivity (Wildman–Crippen MR) is 168 cm³/mol. The number of hydrogen-bond acceptors (Lipinski definition) is 9. The molecule has 2 aromatic carbocycles. The number of nitrogens with zero attached hydrogens (tertiary/aromatic N) is 4. The first-order chi connectivity index (χ1) is 22.2. The van der Waals surface area contributed by atoms with Crippen LogP contribution >= 0.6 is 11.3 Å². The van der Waals surface area contributed by atoms with Gasteiger partial charge in [-0.15, -0.1) is 11.3 Å². The molecule has 47 heavy (non-hydrogen) atoms. The van der Waals surface area contributed by atoms with Gasteiger partial charge in [-0.3, -0.25) is 19.2 Å². The highest BCUT2D eigenvalue weighted by molar-refractivity contribution is 7.90. The first-order valence-corrected chi connectivity index (χ1v) is 16.6. The Morgan fingerprint density at radius 3 is 2.36 bits per heavy atom. The zero-order chi connectivity index (χ0) is 34.6. The standard InChI is InChI=1S/C31H34F3N5O6S2/c1-30(2,3)20-18-22(33)24(25(34)26(20)45-5)27(40)39(29-35-14-17-46-29)31(12-8-16-44-4,19-38-15-9-13-36-38)28(41)37-47(42,43)23-11-7-6-10-21(23)32/h6-7,9-11,13-15,17-18H,8,12,16,19H2,1-5H3,(H,37,41). The van der Waals surface area contributed by atoms with Crippen LogP contribution in [-0.2, 0) is 31.5 Å². The van der Waals surface area contributed by atoms with E-state index in [1.165, 1.54) is 61.1 Å². The average Bonchev–Trinajstić information content (AvgIpc) is 3.71. The number of anilines is 1. The van der Waals surface area contributed by atoms with E-state index in [0.717, 1.165) is 34.4 Å². The van der Waals surface area contributed by atoms with Crippen LogP contribution in [0.1, 0.15) is 49.5 Å². The van der Waals surface area contributed by atoms with Crippen molar-refractivity contribution in [2.75, 3.05) is 25.7 Å². The lowest BCUT2D eigenvalue weighted by atomic mass is 9.84. The topological polar surface area (TPSA) is 133 Å². The third-order valence-electron chi connectivity index (χ3n) is 7.34. The molecule has 2 heterocycles. The Bertz CT molecular complexity index is 1830. The number of carbonyl (C=O) groups excluding carboxylic acids is 2. The number of amides is 2. The Morgan fingerprint density at radius 1 is 1.06 bits per heavy atom. The van der Waals surface area contributed by atoms with Crippen LogP contribution in [0.25, 0.3) is 0 Å². The van der Waals surface area contributed by atoms with E-state index in [2.05, 4.69) is 10.1 Å². The molecule has 0 fully saturated rings. The number of aromatic nitrogens is 3. The number of benzene rings is 2. The number of nitrogens with one attached hydrogen (secondary N) is 1. The number of thiazole rings is 1. The Morgan fingerprint density at radius 2 is 1.79 bits per heavy atom. The first kappa shape index (κ1) is 35.6. The Hall–Kier alpha value is -4.28. The molecule has 4 rings (SSSR count). The quantitative estimate of drug-likeness (QED) is 0.192. The number of rotatable bonds is 13. The fraction of sp³-hybridized carbons (Fsp3) is 0.355. The highest BCUT2D eigenvalue weighted by Gasteiger charge is 2.51. The lowest BCUT2D eigenvalue weighted by Gasteiger charge is -2.41. The van der Waals surface area contributed by atoms with E-state index in [9.17, 15) is 22.4 Å². The van der Waals surface area contributed by atoms with Crippen LogP contribution in [0.3, 0.4) is 0 Å². The van der Waals surface area contributed by atoms with Crippen LogP contribution < -0.4 is 14.4 Å². The van der Waals surface area contributed by atoms with Crippen LogP contribution in [0.4, 0.5) is 18.3 Å². The largest absolute Gasteiger partial charge is 0.493 e. The van der Waals surface area contributed by atoms with Gasteiger partial charge in [0.1, 0.15) is 27.6 Å². The Balaban J connectivity index is 2.01. The monoisotopic (exact) mass is 693 g/mol. The molecule has 0 saturated heterocycles. The maximum Gasteiger partial charge on any atom is 0.267 e. The highest BCUT2D eigenvalue weighted by atomic mass is 32.2. The molecule has 252 valence electrons. The number of halogens is 3. The van der Waals surface area contributed by atoms with Gasteiger partial charge in [-0.05, 0) is 42.5 Å². The Kier molecular flexibility index (Phi) is 10.8. The van der Waals surface area contributed by atoms with Gasteiger partial charge in [0.2, 0.25) is 0 Å². The summed E-state index contributed by atoms with van der Waals surface area (Å²) in [5.74, 6) is -6.75. The molecular formula is C31H34F3N5O6S2. The fourth-order valence-corrected chi connectivity index (χ4v) is 6.96. The minimum atomic E-state index is -4.88. The van der Waals surface area contributed by atoms with E-state index in [1.54, 1.807) is 20.8 Å². The summed E-state index contributed by atoms with van der Waals surface area (Å²) in [4.78, 5) is 33.3. The van der Waals surface area contributed by atoms with Gasteiger partial charge in [-0.1, -0.05) is 32.9 Å². The predicted octanol–water partition coefficient (Wildman–Crippen LogP) is 5.08. The lowest BCUT2D eigenvalue weighted by Crippen LogP contribution is -2.64. The number of carbonyl (C=O) groups is 2. The zero-order valence-corrected chi connectivity index (χ0v) is 27.9. The SMILES string of the molecule is COCCCC(Cn1cccn1)(C(=O)NS(=O)(=O)c1ccccc1F)N(C(=O)c1c(F)cc(C(C)(C)C)c(OC)c1F)c1nccs1. The summed E-state index contributed by atoms with van der Waals surface area (Å²) in [5.41, 5.74) is -4.00. The minimum Gasteiger partial charge on any atom is -0.493 e. The second kappa shape index (κ2) is 14.2. The second-order valence-corrected chi connectivity index (χ2v) is 14.1. The van der Waals surface area contributed by atoms with Crippen LogP contribution in [0.2, 0.25) is 0 Å². The van der Waals surface area contributed by atoms with E-state index in [0.29, 0.717) is 0 Å². The van der Waals surface area contributed by atoms with Crippen molar-refractivity contribution in [3.8, 4) is 5.75 Å². The molecule has 1 N–H and O–H groups in total. The summed E-state index contributed by atoms with van der Waals surface area (Å²) in [6, 6.07) is 6.91. The van der Waals surface area contributed by atoms with Crippen LogP contribution in [0.15, 0.2) is 65.3 Å². The second-order valence-electron chi connectivity index (χ2n) is 11.5. The van der Waals surface area contributed by atoms with Crippen molar-refractivity contribution in [3.05, 3.63) is 88.9 Å². The maximum atomic E-state index is 16.3. The van der Waals surface area contributed by atoms with Crippen LogP contribution in [0.5, 0.6) is 5.75 Å².